The molecule has 0 fully saturated rings. The first-order valence-corrected chi connectivity index (χ1v) is 17.7. The minimum Gasteiger partial charge on any atom is -0.265 e. The van der Waals surface area contributed by atoms with Crippen LogP contribution < -0.4 is 0 Å². The highest BCUT2D eigenvalue weighted by molar-refractivity contribution is 5.98. The fourth-order valence-electron chi connectivity index (χ4n) is 6.80. The zero-order valence-corrected chi connectivity index (χ0v) is 29.1. The molecule has 0 spiro atoms. The molecule has 0 aliphatic heterocycles. The highest BCUT2D eigenvalue weighted by Gasteiger charge is 2.16. The van der Waals surface area contributed by atoms with Gasteiger partial charge in [-0.3, -0.25) is 4.98 Å². The maximum absolute atomic E-state index is 5.31. The molecule has 53 heavy (non-hydrogen) atoms. The molecular weight excluding hydrogens is 647 g/mol. The first-order valence-electron chi connectivity index (χ1n) is 17.7. The Kier molecular flexibility index (Phi) is 8.35. The van der Waals surface area contributed by atoms with Gasteiger partial charge in [0.15, 0.2) is 17.5 Å². The molecule has 0 radical (unpaired) electrons. The Balaban J connectivity index is 1.07. The smallest absolute Gasteiger partial charge is 0.164 e. The minimum absolute atomic E-state index is 0.609. The van der Waals surface area contributed by atoms with E-state index >= 15 is 0 Å². The SMILES string of the molecule is CC1=C/C=C/c2c(ccc3ccc(-c4cccc(-c5ccc(-c6nc(-c7ccccc7)nc(-c7ccncc7)n6)cc5)c4)nc23)C(c2ccccc2)=C1. The van der Waals surface area contributed by atoms with Gasteiger partial charge >= 0.3 is 0 Å². The molecule has 0 amide bonds. The lowest BCUT2D eigenvalue weighted by molar-refractivity contribution is 1.07. The Morgan fingerprint density at radius 3 is 1.75 bits per heavy atom. The van der Waals surface area contributed by atoms with Crippen LogP contribution in [0.4, 0.5) is 0 Å². The van der Waals surface area contributed by atoms with Gasteiger partial charge in [0, 0.05) is 45.6 Å². The van der Waals surface area contributed by atoms with E-state index in [0.717, 1.165) is 55.5 Å². The van der Waals surface area contributed by atoms with E-state index in [1.807, 2.05) is 42.5 Å². The third-order valence-electron chi connectivity index (χ3n) is 9.51. The number of aromatic nitrogens is 5. The third-order valence-corrected chi connectivity index (χ3v) is 9.51. The van der Waals surface area contributed by atoms with Gasteiger partial charge in [-0.05, 0) is 59.0 Å². The summed E-state index contributed by atoms with van der Waals surface area (Å²) in [5.41, 5.74) is 13.8. The Morgan fingerprint density at radius 1 is 0.453 bits per heavy atom. The summed E-state index contributed by atoms with van der Waals surface area (Å²) < 4.78 is 0. The second-order valence-corrected chi connectivity index (χ2v) is 13.1. The number of hydrogen-bond acceptors (Lipinski definition) is 5. The summed E-state index contributed by atoms with van der Waals surface area (Å²) in [6.07, 6.45) is 12.3. The van der Waals surface area contributed by atoms with Crippen LogP contribution in [0.3, 0.4) is 0 Å². The van der Waals surface area contributed by atoms with Gasteiger partial charge in [-0.15, -0.1) is 0 Å². The van der Waals surface area contributed by atoms with Crippen LogP contribution >= 0.6 is 0 Å². The first kappa shape index (κ1) is 31.8. The van der Waals surface area contributed by atoms with Crippen molar-refractivity contribution in [2.24, 2.45) is 0 Å². The summed E-state index contributed by atoms with van der Waals surface area (Å²) in [5, 5.41) is 1.11. The van der Waals surface area contributed by atoms with Crippen LogP contribution in [0.2, 0.25) is 0 Å². The molecule has 5 aromatic carbocycles. The summed E-state index contributed by atoms with van der Waals surface area (Å²) >= 11 is 0. The van der Waals surface area contributed by atoms with Gasteiger partial charge < -0.3 is 0 Å². The molecule has 0 unspecified atom stereocenters. The molecule has 3 heterocycles. The number of allylic oxidation sites excluding steroid dienone is 4. The van der Waals surface area contributed by atoms with Crippen LogP contribution in [0.1, 0.15) is 23.6 Å². The van der Waals surface area contributed by atoms with Crippen molar-refractivity contribution >= 4 is 22.6 Å². The molecule has 3 aromatic heterocycles. The van der Waals surface area contributed by atoms with E-state index in [1.54, 1.807) is 12.4 Å². The molecule has 0 bridgehead atoms. The maximum Gasteiger partial charge on any atom is 0.164 e. The summed E-state index contributed by atoms with van der Waals surface area (Å²) in [4.78, 5) is 24.1. The number of hydrogen-bond donors (Lipinski definition) is 0. The van der Waals surface area contributed by atoms with Gasteiger partial charge in [0.1, 0.15) is 0 Å². The molecule has 5 nitrogen and oxygen atoms in total. The van der Waals surface area contributed by atoms with Crippen LogP contribution in [-0.4, -0.2) is 24.9 Å². The van der Waals surface area contributed by atoms with Crippen molar-refractivity contribution in [3.63, 3.8) is 0 Å². The Morgan fingerprint density at radius 2 is 1.04 bits per heavy atom. The highest BCUT2D eigenvalue weighted by Crippen LogP contribution is 2.36. The molecule has 250 valence electrons. The summed E-state index contributed by atoms with van der Waals surface area (Å²) in [5.74, 6) is 1.85. The molecule has 0 N–H and O–H groups in total. The summed E-state index contributed by atoms with van der Waals surface area (Å²) in [7, 11) is 0. The second-order valence-electron chi connectivity index (χ2n) is 13.1. The van der Waals surface area contributed by atoms with E-state index in [1.165, 1.54) is 22.3 Å². The zero-order chi connectivity index (χ0) is 35.6. The van der Waals surface area contributed by atoms with Crippen LogP contribution in [0.5, 0.6) is 0 Å². The quantitative estimate of drug-likeness (QED) is 0.175. The third kappa shape index (κ3) is 6.48. The fourth-order valence-corrected chi connectivity index (χ4v) is 6.80. The standard InChI is InChI=1S/C48H33N5/c1-32-10-8-17-42-41(43(30-32)34-11-4-2-5-12-34)24-22-35-23-25-44(50-45(35)42)40-16-9-15-39(31-40)33-18-20-37(21-19-33)47-51-46(36-13-6-3-7-14-36)52-48(53-47)38-26-28-49-29-27-38/h2-31H,1H3/b10-8?,17-8+,32-10?,32-30?,42-17?,43-30?,43-41?. The molecule has 9 rings (SSSR count). The molecule has 0 saturated carbocycles. The van der Waals surface area contributed by atoms with E-state index in [2.05, 4.69) is 139 Å². The van der Waals surface area contributed by atoms with Gasteiger partial charge in [-0.1, -0.05) is 151 Å². The average molecular weight is 680 g/mol. The molecule has 5 heteroatoms. The fraction of sp³-hybridized carbons (Fsp3) is 0.0208. The molecular formula is C48H33N5. The van der Waals surface area contributed by atoms with Crippen LogP contribution in [0.25, 0.3) is 79.1 Å². The first-order chi connectivity index (χ1) is 26.2. The normalized spacial score (nSPS) is 13.0. The van der Waals surface area contributed by atoms with E-state index < -0.39 is 0 Å². The monoisotopic (exact) mass is 679 g/mol. The molecule has 1 aliphatic rings. The van der Waals surface area contributed by atoms with Gasteiger partial charge in [-0.25, -0.2) is 19.9 Å². The Hall–Kier alpha value is -7.11. The average Bonchev–Trinajstić information content (AvgIpc) is 3.23. The topological polar surface area (TPSA) is 64.5 Å². The number of pyridine rings is 2. The number of benzene rings is 5. The van der Waals surface area contributed by atoms with Crippen molar-refractivity contribution < 1.29 is 0 Å². The van der Waals surface area contributed by atoms with E-state index in [-0.39, 0.29) is 0 Å². The predicted molar refractivity (Wildman–Crippen MR) is 216 cm³/mol. The lowest BCUT2D eigenvalue weighted by Gasteiger charge is -2.16. The largest absolute Gasteiger partial charge is 0.265 e. The molecule has 8 aromatic rings. The molecule has 1 aliphatic carbocycles. The van der Waals surface area contributed by atoms with Gasteiger partial charge in [0.25, 0.3) is 0 Å². The van der Waals surface area contributed by atoms with Crippen molar-refractivity contribution in [1.29, 1.82) is 0 Å². The van der Waals surface area contributed by atoms with E-state index in [4.69, 9.17) is 19.9 Å². The molecule has 0 atom stereocenters. The van der Waals surface area contributed by atoms with Crippen molar-refractivity contribution in [3.05, 3.63) is 198 Å². The van der Waals surface area contributed by atoms with Crippen molar-refractivity contribution in [2.45, 2.75) is 6.92 Å². The summed E-state index contributed by atoms with van der Waals surface area (Å²) in [6, 6.07) is 50.1. The van der Waals surface area contributed by atoms with Crippen molar-refractivity contribution in [1.82, 2.24) is 24.9 Å². The van der Waals surface area contributed by atoms with Crippen LogP contribution in [-0.2, 0) is 0 Å². The minimum atomic E-state index is 0.609. The maximum atomic E-state index is 5.31. The van der Waals surface area contributed by atoms with Gasteiger partial charge in [0.2, 0.25) is 0 Å². The lowest BCUT2D eigenvalue weighted by Crippen LogP contribution is -2.00. The van der Waals surface area contributed by atoms with Crippen LogP contribution in [0.15, 0.2) is 182 Å². The van der Waals surface area contributed by atoms with Crippen molar-refractivity contribution in [2.75, 3.05) is 0 Å². The zero-order valence-electron chi connectivity index (χ0n) is 29.1. The number of rotatable bonds is 6. The lowest BCUT2D eigenvalue weighted by atomic mass is 9.89. The van der Waals surface area contributed by atoms with Gasteiger partial charge in [0.05, 0.1) is 11.2 Å². The van der Waals surface area contributed by atoms with Crippen LogP contribution in [0, 0.1) is 0 Å². The second kappa shape index (κ2) is 13.9. The Labute approximate surface area is 308 Å². The Bertz CT molecular complexity index is 2640. The number of nitrogens with zero attached hydrogens (tertiary/aromatic N) is 5. The summed E-state index contributed by atoms with van der Waals surface area (Å²) in [6.45, 7) is 2.14. The number of fused-ring (bicyclic) bond motifs is 3. The van der Waals surface area contributed by atoms with E-state index in [0.29, 0.717) is 17.5 Å². The van der Waals surface area contributed by atoms with Crippen molar-refractivity contribution in [3.8, 4) is 56.5 Å². The van der Waals surface area contributed by atoms with Gasteiger partial charge in [-0.2, -0.15) is 0 Å². The predicted octanol–water partition coefficient (Wildman–Crippen LogP) is 11.6. The molecule has 0 saturated heterocycles. The highest BCUT2D eigenvalue weighted by atomic mass is 15.0. The van der Waals surface area contributed by atoms with E-state index in [9.17, 15) is 0 Å².